The van der Waals surface area contributed by atoms with Gasteiger partial charge in [0.1, 0.15) is 11.1 Å². The molecule has 30 heavy (non-hydrogen) atoms. The molecule has 1 unspecified atom stereocenters. The second-order valence-corrected chi connectivity index (χ2v) is 9.72. The first kappa shape index (κ1) is 20.6. The molecular formula is C22H23N3O3S2. The van der Waals surface area contributed by atoms with Crippen LogP contribution in [0.25, 0.3) is 6.08 Å². The van der Waals surface area contributed by atoms with Gasteiger partial charge in [-0.1, -0.05) is 6.07 Å². The van der Waals surface area contributed by atoms with E-state index >= 15 is 0 Å². The molecule has 2 aliphatic carbocycles. The summed E-state index contributed by atoms with van der Waals surface area (Å²) in [7, 11) is 0. The van der Waals surface area contributed by atoms with E-state index in [1.807, 2.05) is 17.5 Å². The van der Waals surface area contributed by atoms with Gasteiger partial charge >= 0.3 is 6.09 Å². The largest absolute Gasteiger partial charge is 0.449 e. The molecule has 2 aromatic heterocycles. The van der Waals surface area contributed by atoms with Gasteiger partial charge in [0.15, 0.2) is 0 Å². The minimum atomic E-state index is -0.333. The highest BCUT2D eigenvalue weighted by molar-refractivity contribution is 7.16. The molecule has 0 aromatic carbocycles. The summed E-state index contributed by atoms with van der Waals surface area (Å²) >= 11 is 3.02. The number of nitrogens with one attached hydrogen (secondary N) is 2. The summed E-state index contributed by atoms with van der Waals surface area (Å²) in [5, 5.41) is 17.9. The number of nitriles is 1. The Balaban J connectivity index is 1.35. The Morgan fingerprint density at radius 3 is 2.90 bits per heavy atom. The summed E-state index contributed by atoms with van der Waals surface area (Å²) in [6, 6.07) is 6.40. The van der Waals surface area contributed by atoms with Gasteiger partial charge in [-0.2, -0.15) is 5.26 Å². The number of rotatable bonds is 6. The molecule has 0 bridgehead atoms. The molecule has 0 saturated heterocycles. The summed E-state index contributed by atoms with van der Waals surface area (Å²) in [4.78, 5) is 26.3. The number of hydrogen-bond donors (Lipinski definition) is 2. The van der Waals surface area contributed by atoms with E-state index in [0.29, 0.717) is 17.2 Å². The van der Waals surface area contributed by atoms with E-state index in [1.165, 1.54) is 23.8 Å². The number of ether oxygens (including phenoxy) is 1. The standard InChI is InChI=1S/C22H23N3O3S2/c23-12-18-17-8-6-14(13-28-22(27)24-15-3-1-4-15)11-19(17)30-21(18)25-20(26)9-7-16-5-2-10-29-16/h2,5,7,9-10,14-15H,1,3-4,6,8,11,13H2,(H,24,27)(H,25,26). The number of thiophene rings is 2. The molecule has 1 fully saturated rings. The van der Waals surface area contributed by atoms with Gasteiger partial charge in [0.2, 0.25) is 5.91 Å². The lowest BCUT2D eigenvalue weighted by atomic mass is 9.88. The normalized spacial score (nSPS) is 18.3. The lowest BCUT2D eigenvalue weighted by Crippen LogP contribution is -2.40. The summed E-state index contributed by atoms with van der Waals surface area (Å²) < 4.78 is 5.41. The molecule has 0 radical (unpaired) electrons. The van der Waals surface area contributed by atoms with Crippen LogP contribution in [0.4, 0.5) is 9.80 Å². The topological polar surface area (TPSA) is 91.2 Å². The van der Waals surface area contributed by atoms with Crippen LogP contribution in [-0.2, 0) is 22.4 Å². The maximum absolute atomic E-state index is 12.3. The predicted octanol–water partition coefficient (Wildman–Crippen LogP) is 4.72. The lowest BCUT2D eigenvalue weighted by Gasteiger charge is -2.27. The van der Waals surface area contributed by atoms with Gasteiger partial charge in [0, 0.05) is 21.9 Å². The maximum atomic E-state index is 12.3. The molecule has 0 spiro atoms. The number of hydrogen-bond acceptors (Lipinski definition) is 6. The summed E-state index contributed by atoms with van der Waals surface area (Å²) in [5.41, 5.74) is 1.59. The van der Waals surface area contributed by atoms with Gasteiger partial charge < -0.3 is 15.4 Å². The van der Waals surface area contributed by atoms with Crippen molar-refractivity contribution in [1.82, 2.24) is 5.32 Å². The maximum Gasteiger partial charge on any atom is 0.407 e. The Bertz CT molecular complexity index is 984. The zero-order valence-corrected chi connectivity index (χ0v) is 18.1. The van der Waals surface area contributed by atoms with Gasteiger partial charge in [-0.05, 0) is 67.5 Å². The Kier molecular flexibility index (Phi) is 6.50. The van der Waals surface area contributed by atoms with Crippen molar-refractivity contribution in [2.24, 2.45) is 5.92 Å². The number of carbonyl (C=O) groups excluding carboxylic acids is 2. The fourth-order valence-electron chi connectivity index (χ4n) is 3.65. The molecule has 6 nitrogen and oxygen atoms in total. The molecule has 1 atom stereocenters. The van der Waals surface area contributed by atoms with Crippen LogP contribution in [-0.4, -0.2) is 24.6 Å². The molecule has 2 amide bonds. The van der Waals surface area contributed by atoms with Crippen molar-refractivity contribution in [2.45, 2.75) is 44.6 Å². The van der Waals surface area contributed by atoms with Crippen molar-refractivity contribution in [1.29, 1.82) is 5.26 Å². The predicted molar refractivity (Wildman–Crippen MR) is 119 cm³/mol. The quantitative estimate of drug-likeness (QED) is 0.635. The summed E-state index contributed by atoms with van der Waals surface area (Å²) in [5.74, 6) is -0.0110. The molecule has 156 valence electrons. The van der Waals surface area contributed by atoms with Crippen LogP contribution in [0, 0.1) is 17.2 Å². The van der Waals surface area contributed by atoms with Crippen molar-refractivity contribution >= 4 is 45.8 Å². The minimum Gasteiger partial charge on any atom is -0.449 e. The molecule has 1 saturated carbocycles. The van der Waals surface area contributed by atoms with Crippen LogP contribution in [0.3, 0.4) is 0 Å². The molecule has 4 rings (SSSR count). The van der Waals surface area contributed by atoms with Gasteiger partial charge in [0.05, 0.1) is 12.2 Å². The molecular weight excluding hydrogens is 418 g/mol. The summed E-state index contributed by atoms with van der Waals surface area (Å²) in [6.07, 6.45) is 8.53. The highest BCUT2D eigenvalue weighted by Crippen LogP contribution is 2.39. The molecule has 0 aliphatic heterocycles. The van der Waals surface area contributed by atoms with Crippen molar-refractivity contribution in [3.05, 3.63) is 44.5 Å². The van der Waals surface area contributed by atoms with E-state index in [2.05, 4.69) is 16.7 Å². The van der Waals surface area contributed by atoms with Crippen LogP contribution < -0.4 is 10.6 Å². The fraction of sp³-hybridized carbons (Fsp3) is 0.409. The van der Waals surface area contributed by atoms with Crippen molar-refractivity contribution in [3.63, 3.8) is 0 Å². The Morgan fingerprint density at radius 2 is 2.20 bits per heavy atom. The van der Waals surface area contributed by atoms with Crippen molar-refractivity contribution in [2.75, 3.05) is 11.9 Å². The van der Waals surface area contributed by atoms with Crippen LogP contribution in [0.1, 0.15) is 46.6 Å². The third-order valence-corrected chi connectivity index (χ3v) is 7.54. The first-order valence-electron chi connectivity index (χ1n) is 10.1. The number of alkyl carbamates (subject to hydrolysis) is 1. The molecule has 2 N–H and O–H groups in total. The monoisotopic (exact) mass is 441 g/mol. The van der Waals surface area contributed by atoms with E-state index in [4.69, 9.17) is 4.74 Å². The number of carbonyl (C=O) groups is 2. The smallest absolute Gasteiger partial charge is 0.407 e. The number of amides is 2. The average molecular weight is 442 g/mol. The second-order valence-electron chi connectivity index (χ2n) is 7.64. The van der Waals surface area contributed by atoms with Gasteiger partial charge in [-0.15, -0.1) is 22.7 Å². The first-order valence-corrected chi connectivity index (χ1v) is 11.8. The summed E-state index contributed by atoms with van der Waals surface area (Å²) in [6.45, 7) is 0.378. The number of fused-ring (bicyclic) bond motifs is 1. The van der Waals surface area contributed by atoms with Crippen LogP contribution in [0.2, 0.25) is 0 Å². The number of anilines is 1. The van der Waals surface area contributed by atoms with Crippen LogP contribution >= 0.6 is 22.7 Å². The van der Waals surface area contributed by atoms with E-state index in [1.54, 1.807) is 17.4 Å². The van der Waals surface area contributed by atoms with Crippen LogP contribution in [0.15, 0.2) is 23.6 Å². The van der Waals surface area contributed by atoms with E-state index in [0.717, 1.165) is 47.4 Å². The minimum absolute atomic E-state index is 0.233. The van der Waals surface area contributed by atoms with Gasteiger partial charge in [-0.25, -0.2) is 4.79 Å². The Hall–Kier alpha value is -2.63. The third kappa shape index (κ3) is 4.91. The Morgan fingerprint density at radius 1 is 1.33 bits per heavy atom. The highest BCUT2D eigenvalue weighted by atomic mass is 32.1. The SMILES string of the molecule is N#Cc1c(NC(=O)C=Cc2cccs2)sc2c1CCC(COC(=O)NC1CCC1)C2. The van der Waals surface area contributed by atoms with Crippen molar-refractivity contribution < 1.29 is 14.3 Å². The second kappa shape index (κ2) is 9.45. The first-order chi connectivity index (χ1) is 14.6. The molecule has 2 heterocycles. The van der Waals surface area contributed by atoms with E-state index in [9.17, 15) is 14.9 Å². The fourth-order valence-corrected chi connectivity index (χ4v) is 5.59. The molecule has 8 heteroatoms. The highest BCUT2D eigenvalue weighted by Gasteiger charge is 2.27. The zero-order chi connectivity index (χ0) is 20.9. The van der Waals surface area contributed by atoms with Gasteiger partial charge in [0.25, 0.3) is 0 Å². The van der Waals surface area contributed by atoms with Crippen molar-refractivity contribution in [3.8, 4) is 6.07 Å². The number of nitrogens with zero attached hydrogens (tertiary/aromatic N) is 1. The zero-order valence-electron chi connectivity index (χ0n) is 16.5. The van der Waals surface area contributed by atoms with Crippen LogP contribution in [0.5, 0.6) is 0 Å². The Labute approximate surface area is 183 Å². The average Bonchev–Trinajstić information content (AvgIpc) is 3.34. The molecule has 2 aliphatic rings. The molecule has 2 aromatic rings. The third-order valence-electron chi connectivity index (χ3n) is 5.54. The van der Waals surface area contributed by atoms with Gasteiger partial charge in [-0.3, -0.25) is 4.79 Å². The lowest BCUT2D eigenvalue weighted by molar-refractivity contribution is -0.111. The van der Waals surface area contributed by atoms with E-state index < -0.39 is 0 Å². The van der Waals surface area contributed by atoms with E-state index in [-0.39, 0.29) is 24.0 Å².